The number of hydrogen-bond acceptors (Lipinski definition) is 3. The number of benzene rings is 1. The number of carbonyl (C=O) groups is 1. The zero-order chi connectivity index (χ0) is 13.5. The van der Waals surface area contributed by atoms with Crippen molar-refractivity contribution in [1.29, 1.82) is 0 Å². The highest BCUT2D eigenvalue weighted by Crippen LogP contribution is 2.25. The summed E-state index contributed by atoms with van der Waals surface area (Å²) >= 11 is 0. The van der Waals surface area contributed by atoms with Crippen molar-refractivity contribution in [2.45, 2.75) is 32.2 Å². The minimum atomic E-state index is -0.397. The van der Waals surface area contributed by atoms with Crippen LogP contribution in [-0.2, 0) is 0 Å². The van der Waals surface area contributed by atoms with E-state index in [-0.39, 0.29) is 5.78 Å². The van der Waals surface area contributed by atoms with Crippen LogP contribution in [0.1, 0.15) is 35.8 Å². The fourth-order valence-electron chi connectivity index (χ4n) is 2.78. The van der Waals surface area contributed by atoms with Crippen molar-refractivity contribution >= 4 is 16.7 Å². The van der Waals surface area contributed by atoms with Crippen LogP contribution < -0.4 is 5.32 Å². The smallest absolute Gasteiger partial charge is 0.182 e. The van der Waals surface area contributed by atoms with E-state index in [0.717, 1.165) is 41.5 Å². The molecule has 1 aliphatic rings. The maximum Gasteiger partial charge on any atom is 0.182 e. The molecule has 0 spiro atoms. The Labute approximate surface area is 113 Å². The van der Waals surface area contributed by atoms with Gasteiger partial charge in [0.25, 0.3) is 0 Å². The maximum atomic E-state index is 12.6. The van der Waals surface area contributed by atoms with Crippen LogP contribution in [0.2, 0.25) is 0 Å². The molecule has 1 fully saturated rings. The van der Waals surface area contributed by atoms with Crippen LogP contribution >= 0.6 is 0 Å². The molecule has 0 saturated carbocycles. The Hall–Kier alpha value is -1.74. The number of fused-ring (bicyclic) bond motifs is 1. The Bertz CT molecular complexity index is 642. The molecule has 0 amide bonds. The van der Waals surface area contributed by atoms with Gasteiger partial charge in [0.1, 0.15) is 0 Å². The summed E-state index contributed by atoms with van der Waals surface area (Å²) in [6.45, 7) is 4.90. The van der Waals surface area contributed by atoms with Crippen LogP contribution in [0, 0.1) is 6.92 Å². The third-order valence-corrected chi connectivity index (χ3v) is 3.96. The number of ketones is 1. The fraction of sp³-hybridized carbons (Fsp3) is 0.375. The molecule has 1 unspecified atom stereocenters. The van der Waals surface area contributed by atoms with Gasteiger partial charge in [0.05, 0.1) is 11.1 Å². The predicted molar refractivity (Wildman–Crippen MR) is 76.5 cm³/mol. The van der Waals surface area contributed by atoms with Crippen LogP contribution in [-0.4, -0.2) is 22.9 Å². The van der Waals surface area contributed by atoms with Crippen molar-refractivity contribution in [3.05, 3.63) is 41.6 Å². The zero-order valence-corrected chi connectivity index (χ0v) is 11.4. The second kappa shape index (κ2) is 4.42. The van der Waals surface area contributed by atoms with E-state index in [4.69, 9.17) is 0 Å². The topological polar surface area (TPSA) is 42.0 Å². The molecule has 2 heterocycles. The largest absolute Gasteiger partial charge is 0.305 e. The lowest BCUT2D eigenvalue weighted by Crippen LogP contribution is -2.44. The molecule has 2 aromatic rings. The fourth-order valence-corrected chi connectivity index (χ4v) is 2.78. The van der Waals surface area contributed by atoms with E-state index in [1.54, 1.807) is 0 Å². The molecular formula is C16H18N2O. The molecule has 1 atom stereocenters. The molecule has 0 bridgehead atoms. The first-order valence-electron chi connectivity index (χ1n) is 6.76. The van der Waals surface area contributed by atoms with E-state index in [9.17, 15) is 4.79 Å². The lowest BCUT2D eigenvalue weighted by atomic mass is 9.89. The number of rotatable bonds is 2. The second-order valence-electron chi connectivity index (χ2n) is 5.55. The van der Waals surface area contributed by atoms with Crippen molar-refractivity contribution in [2.24, 2.45) is 0 Å². The lowest BCUT2D eigenvalue weighted by molar-refractivity contribution is 0.0884. The summed E-state index contributed by atoms with van der Waals surface area (Å²) in [4.78, 5) is 17.1. The van der Waals surface area contributed by atoms with Gasteiger partial charge in [0.15, 0.2) is 5.78 Å². The summed E-state index contributed by atoms with van der Waals surface area (Å²) in [6.07, 6.45) is 1.98. The molecule has 98 valence electrons. The van der Waals surface area contributed by atoms with Crippen molar-refractivity contribution in [3.63, 3.8) is 0 Å². The maximum absolute atomic E-state index is 12.6. The molecule has 1 aromatic heterocycles. The normalized spacial score (nSPS) is 22.8. The van der Waals surface area contributed by atoms with Gasteiger partial charge in [-0.15, -0.1) is 0 Å². The molecule has 0 radical (unpaired) electrons. The number of hydrogen-bond donors (Lipinski definition) is 1. The molecule has 1 aromatic carbocycles. The first-order valence-corrected chi connectivity index (χ1v) is 6.76. The Morgan fingerprint density at radius 2 is 2.16 bits per heavy atom. The van der Waals surface area contributed by atoms with Gasteiger partial charge in [-0.3, -0.25) is 9.78 Å². The molecule has 3 rings (SSSR count). The van der Waals surface area contributed by atoms with E-state index in [1.807, 2.05) is 44.2 Å². The van der Waals surface area contributed by atoms with Crippen molar-refractivity contribution in [2.75, 3.05) is 6.54 Å². The van der Waals surface area contributed by atoms with Crippen molar-refractivity contribution < 1.29 is 4.79 Å². The average molecular weight is 254 g/mol. The summed E-state index contributed by atoms with van der Waals surface area (Å²) < 4.78 is 0. The molecule has 1 aliphatic heterocycles. The molecule has 0 aliphatic carbocycles. The molecule has 1 N–H and O–H groups in total. The van der Waals surface area contributed by atoms with Gasteiger partial charge in [-0.1, -0.05) is 6.07 Å². The number of pyridine rings is 1. The highest BCUT2D eigenvalue weighted by Gasteiger charge is 2.36. The van der Waals surface area contributed by atoms with E-state index in [0.29, 0.717) is 0 Å². The van der Waals surface area contributed by atoms with Crippen LogP contribution in [0.3, 0.4) is 0 Å². The first kappa shape index (κ1) is 12.3. The SMILES string of the molecule is Cc1ccc2cc(C(=O)C3(C)CCCN3)ccc2n1. The van der Waals surface area contributed by atoms with E-state index >= 15 is 0 Å². The summed E-state index contributed by atoms with van der Waals surface area (Å²) in [5, 5.41) is 4.35. The Morgan fingerprint density at radius 1 is 1.32 bits per heavy atom. The van der Waals surface area contributed by atoms with Gasteiger partial charge in [-0.2, -0.15) is 0 Å². The Kier molecular flexibility index (Phi) is 2.86. The minimum absolute atomic E-state index is 0.187. The number of nitrogens with one attached hydrogen (secondary N) is 1. The standard InChI is InChI=1S/C16H18N2O/c1-11-4-5-12-10-13(6-7-14(12)18-11)15(19)16(2)8-3-9-17-16/h4-7,10,17H,3,8-9H2,1-2H3. The number of carbonyl (C=O) groups excluding carboxylic acids is 1. The molecule has 3 nitrogen and oxygen atoms in total. The monoisotopic (exact) mass is 254 g/mol. The van der Waals surface area contributed by atoms with Gasteiger partial charge in [0, 0.05) is 16.6 Å². The average Bonchev–Trinajstić information content (AvgIpc) is 2.85. The van der Waals surface area contributed by atoms with Gasteiger partial charge < -0.3 is 5.32 Å². The first-order chi connectivity index (χ1) is 9.08. The third-order valence-electron chi connectivity index (χ3n) is 3.96. The lowest BCUT2D eigenvalue weighted by Gasteiger charge is -2.22. The molecular weight excluding hydrogens is 236 g/mol. The third kappa shape index (κ3) is 2.15. The van der Waals surface area contributed by atoms with Crippen molar-refractivity contribution in [3.8, 4) is 0 Å². The summed E-state index contributed by atoms with van der Waals surface area (Å²) in [6, 6.07) is 9.79. The highest BCUT2D eigenvalue weighted by molar-refractivity contribution is 6.05. The van der Waals surface area contributed by atoms with E-state index in [1.165, 1.54) is 0 Å². The van der Waals surface area contributed by atoms with Gasteiger partial charge in [-0.05, 0) is 57.5 Å². The van der Waals surface area contributed by atoms with Gasteiger partial charge in [0.2, 0.25) is 0 Å². The van der Waals surface area contributed by atoms with Gasteiger partial charge >= 0.3 is 0 Å². The zero-order valence-electron chi connectivity index (χ0n) is 11.4. The molecule has 3 heteroatoms. The quantitative estimate of drug-likeness (QED) is 0.838. The number of aromatic nitrogens is 1. The summed E-state index contributed by atoms with van der Waals surface area (Å²) in [5.41, 5.74) is 2.32. The minimum Gasteiger partial charge on any atom is -0.305 e. The molecule has 19 heavy (non-hydrogen) atoms. The number of nitrogens with zero attached hydrogens (tertiary/aromatic N) is 1. The van der Waals surface area contributed by atoms with Crippen molar-refractivity contribution in [1.82, 2.24) is 10.3 Å². The van der Waals surface area contributed by atoms with Gasteiger partial charge in [-0.25, -0.2) is 0 Å². The molecule has 1 saturated heterocycles. The summed E-state index contributed by atoms with van der Waals surface area (Å²) in [5.74, 6) is 0.187. The highest BCUT2D eigenvalue weighted by atomic mass is 16.1. The number of Topliss-reactive ketones (excluding diaryl/α,β-unsaturated/α-hetero) is 1. The number of aryl methyl sites for hydroxylation is 1. The van der Waals surface area contributed by atoms with Crippen LogP contribution in [0.15, 0.2) is 30.3 Å². The Balaban J connectivity index is 2.01. The summed E-state index contributed by atoms with van der Waals surface area (Å²) in [7, 11) is 0. The second-order valence-corrected chi connectivity index (χ2v) is 5.55. The van der Waals surface area contributed by atoms with Crippen LogP contribution in [0.4, 0.5) is 0 Å². The van der Waals surface area contributed by atoms with E-state index < -0.39 is 5.54 Å². The van der Waals surface area contributed by atoms with Crippen LogP contribution in [0.25, 0.3) is 10.9 Å². The van der Waals surface area contributed by atoms with Crippen LogP contribution in [0.5, 0.6) is 0 Å². The van der Waals surface area contributed by atoms with E-state index in [2.05, 4.69) is 10.3 Å². The predicted octanol–water partition coefficient (Wildman–Crippen LogP) is 2.87. The Morgan fingerprint density at radius 3 is 2.89 bits per heavy atom.